The number of rotatable bonds is 5. The largest absolute Gasteiger partial charge is 0.457 e. The fraction of sp³-hybridized carbons (Fsp3) is 0.150. The van der Waals surface area contributed by atoms with Gasteiger partial charge >= 0.3 is 0 Å². The smallest absolute Gasteiger partial charge is 0.254 e. The first-order valence-corrected chi connectivity index (χ1v) is 9.51. The van der Waals surface area contributed by atoms with E-state index in [1.807, 2.05) is 30.3 Å². The van der Waals surface area contributed by atoms with Crippen molar-refractivity contribution in [3.8, 4) is 11.5 Å². The molecule has 4 rings (SSSR count). The normalized spacial score (nSPS) is 15.2. The molecule has 1 amide bonds. The van der Waals surface area contributed by atoms with Crippen LogP contribution in [0.25, 0.3) is 0 Å². The van der Waals surface area contributed by atoms with E-state index in [1.165, 1.54) is 24.0 Å². The topological polar surface area (TPSA) is 73.2 Å². The highest BCUT2D eigenvalue weighted by Gasteiger charge is 2.26. The Hall–Kier alpha value is -3.06. The van der Waals surface area contributed by atoms with Crippen LogP contribution in [0.5, 0.6) is 11.5 Å². The Morgan fingerprint density at radius 1 is 1.11 bits per heavy atom. The van der Waals surface area contributed by atoms with E-state index in [4.69, 9.17) is 4.74 Å². The summed E-state index contributed by atoms with van der Waals surface area (Å²) in [6.07, 6.45) is 1.73. The number of hydrogen-bond acceptors (Lipinski definition) is 5. The van der Waals surface area contributed by atoms with E-state index in [-0.39, 0.29) is 23.9 Å². The number of nitrogens with one attached hydrogen (secondary N) is 1. The molecule has 0 radical (unpaired) electrons. The molecule has 7 heteroatoms. The van der Waals surface area contributed by atoms with Crippen LogP contribution in [0.3, 0.4) is 0 Å². The van der Waals surface area contributed by atoms with E-state index < -0.39 is 0 Å². The molecule has 1 N–H and O–H groups in total. The number of para-hydroxylation sites is 1. The second kappa shape index (κ2) is 7.67. The van der Waals surface area contributed by atoms with Crippen LogP contribution in [-0.4, -0.2) is 21.2 Å². The van der Waals surface area contributed by atoms with Crippen LogP contribution in [0.15, 0.2) is 76.8 Å². The summed E-state index contributed by atoms with van der Waals surface area (Å²) >= 11 is 1.50. The number of amides is 1. The Kier molecular flexibility index (Phi) is 4.93. The van der Waals surface area contributed by atoms with Gasteiger partial charge in [-0.05, 0) is 36.4 Å². The molecular formula is C20H17N3O3S. The zero-order valence-electron chi connectivity index (χ0n) is 14.4. The SMILES string of the molecule is O=C(C[C@@H]1CSc2nccc(=O)n21)Nc1ccc(Oc2ccccc2)cc1. The molecule has 6 nitrogen and oxygen atoms in total. The lowest BCUT2D eigenvalue weighted by Crippen LogP contribution is -2.26. The highest BCUT2D eigenvalue weighted by molar-refractivity contribution is 7.99. The average Bonchev–Trinajstić information content (AvgIpc) is 3.08. The van der Waals surface area contributed by atoms with Crippen molar-refractivity contribution in [2.75, 3.05) is 11.1 Å². The molecule has 27 heavy (non-hydrogen) atoms. The standard InChI is InChI=1S/C20H17N3O3S/c24-18(12-15-13-27-20-21-11-10-19(25)23(15)20)22-14-6-8-17(9-7-14)26-16-4-2-1-3-5-16/h1-11,15H,12-13H2,(H,22,24)/t15-/m1/s1. The molecule has 0 bridgehead atoms. The van der Waals surface area contributed by atoms with E-state index in [9.17, 15) is 9.59 Å². The average molecular weight is 379 g/mol. The molecule has 1 aromatic heterocycles. The number of fused-ring (bicyclic) bond motifs is 1. The van der Waals surface area contributed by atoms with Gasteiger partial charge in [-0.3, -0.25) is 14.2 Å². The molecule has 1 atom stereocenters. The third kappa shape index (κ3) is 4.03. The van der Waals surface area contributed by atoms with Crippen molar-refractivity contribution < 1.29 is 9.53 Å². The third-order valence-corrected chi connectivity index (χ3v) is 5.27. The van der Waals surface area contributed by atoms with Crippen molar-refractivity contribution in [2.24, 2.45) is 0 Å². The first-order valence-electron chi connectivity index (χ1n) is 8.52. The second-order valence-corrected chi connectivity index (χ2v) is 7.08. The minimum atomic E-state index is -0.174. The monoisotopic (exact) mass is 379 g/mol. The third-order valence-electron chi connectivity index (χ3n) is 4.15. The van der Waals surface area contributed by atoms with Gasteiger partial charge in [-0.25, -0.2) is 4.98 Å². The molecule has 3 aromatic rings. The van der Waals surface area contributed by atoms with E-state index in [0.717, 1.165) is 5.75 Å². The number of thioether (sulfide) groups is 1. The Balaban J connectivity index is 1.37. The summed E-state index contributed by atoms with van der Waals surface area (Å²) < 4.78 is 7.34. The minimum Gasteiger partial charge on any atom is -0.457 e. The highest BCUT2D eigenvalue weighted by Crippen LogP contribution is 2.31. The zero-order chi connectivity index (χ0) is 18.6. The lowest BCUT2D eigenvalue weighted by atomic mass is 10.2. The maximum absolute atomic E-state index is 12.4. The maximum Gasteiger partial charge on any atom is 0.254 e. The van der Waals surface area contributed by atoms with Crippen LogP contribution in [0.1, 0.15) is 12.5 Å². The summed E-state index contributed by atoms with van der Waals surface area (Å²) in [6, 6.07) is 17.9. The number of benzene rings is 2. The molecule has 136 valence electrons. The van der Waals surface area contributed by atoms with Gasteiger partial charge in [-0.1, -0.05) is 30.0 Å². The quantitative estimate of drug-likeness (QED) is 0.684. The van der Waals surface area contributed by atoms with Gasteiger partial charge in [0.15, 0.2) is 5.16 Å². The number of nitrogens with zero attached hydrogens (tertiary/aromatic N) is 2. The highest BCUT2D eigenvalue weighted by atomic mass is 32.2. The van der Waals surface area contributed by atoms with Crippen LogP contribution < -0.4 is 15.6 Å². The van der Waals surface area contributed by atoms with Crippen LogP contribution in [0.4, 0.5) is 5.69 Å². The van der Waals surface area contributed by atoms with Crippen LogP contribution in [-0.2, 0) is 4.79 Å². The first kappa shape index (κ1) is 17.4. The molecule has 0 saturated heterocycles. The predicted molar refractivity (Wildman–Crippen MR) is 104 cm³/mol. The van der Waals surface area contributed by atoms with Crippen molar-refractivity contribution >= 4 is 23.4 Å². The number of anilines is 1. The number of carbonyl (C=O) groups excluding carboxylic acids is 1. The van der Waals surface area contributed by atoms with Gasteiger partial charge in [0.1, 0.15) is 11.5 Å². The zero-order valence-corrected chi connectivity index (χ0v) is 15.2. The van der Waals surface area contributed by atoms with Crippen LogP contribution in [0.2, 0.25) is 0 Å². The van der Waals surface area contributed by atoms with E-state index in [0.29, 0.717) is 22.3 Å². The predicted octanol–water partition coefficient (Wildman–Crippen LogP) is 3.71. The summed E-state index contributed by atoms with van der Waals surface area (Å²) in [7, 11) is 0. The van der Waals surface area contributed by atoms with Crippen molar-refractivity contribution in [1.29, 1.82) is 0 Å². The summed E-state index contributed by atoms with van der Waals surface area (Å²) in [5, 5.41) is 3.54. The molecule has 0 spiro atoms. The fourth-order valence-corrected chi connectivity index (χ4v) is 4.02. The lowest BCUT2D eigenvalue weighted by molar-refractivity contribution is -0.116. The molecule has 2 heterocycles. The maximum atomic E-state index is 12.4. The Morgan fingerprint density at radius 3 is 2.63 bits per heavy atom. The molecular weight excluding hydrogens is 362 g/mol. The fourth-order valence-electron chi connectivity index (χ4n) is 2.90. The van der Waals surface area contributed by atoms with E-state index in [2.05, 4.69) is 10.3 Å². The number of ether oxygens (including phenoxy) is 1. The summed E-state index contributed by atoms with van der Waals surface area (Å²) in [5.41, 5.74) is 0.565. The summed E-state index contributed by atoms with van der Waals surface area (Å²) in [5.74, 6) is 1.98. The number of aromatic nitrogens is 2. The van der Waals surface area contributed by atoms with Gasteiger partial charge in [0.05, 0.1) is 6.04 Å². The molecule has 1 aliphatic rings. The van der Waals surface area contributed by atoms with Gasteiger partial charge in [0.25, 0.3) is 5.56 Å². The van der Waals surface area contributed by atoms with Gasteiger partial charge in [-0.15, -0.1) is 0 Å². The van der Waals surface area contributed by atoms with Crippen LogP contribution >= 0.6 is 11.8 Å². The first-order chi connectivity index (χ1) is 13.2. The van der Waals surface area contributed by atoms with Crippen molar-refractivity contribution in [2.45, 2.75) is 17.6 Å². The van der Waals surface area contributed by atoms with Crippen molar-refractivity contribution in [3.05, 3.63) is 77.2 Å². The van der Waals surface area contributed by atoms with Crippen molar-refractivity contribution in [3.63, 3.8) is 0 Å². The molecule has 2 aromatic carbocycles. The van der Waals surface area contributed by atoms with Crippen molar-refractivity contribution in [1.82, 2.24) is 9.55 Å². The number of carbonyl (C=O) groups is 1. The molecule has 0 aliphatic carbocycles. The molecule has 0 saturated carbocycles. The molecule has 0 unspecified atom stereocenters. The van der Waals surface area contributed by atoms with Gasteiger partial charge in [0, 0.05) is 30.1 Å². The molecule has 0 fully saturated rings. The van der Waals surface area contributed by atoms with Crippen LogP contribution in [0, 0.1) is 0 Å². The van der Waals surface area contributed by atoms with E-state index >= 15 is 0 Å². The number of hydrogen-bond donors (Lipinski definition) is 1. The summed E-state index contributed by atoms with van der Waals surface area (Å²) in [6.45, 7) is 0. The summed E-state index contributed by atoms with van der Waals surface area (Å²) in [4.78, 5) is 28.6. The Bertz CT molecular complexity index is 1000. The van der Waals surface area contributed by atoms with Gasteiger partial charge in [-0.2, -0.15) is 0 Å². The van der Waals surface area contributed by atoms with Gasteiger partial charge < -0.3 is 10.1 Å². The Labute approximate surface area is 160 Å². The van der Waals surface area contributed by atoms with Gasteiger partial charge in [0.2, 0.25) is 5.91 Å². The minimum absolute atomic E-state index is 0.120. The Morgan fingerprint density at radius 2 is 1.85 bits per heavy atom. The lowest BCUT2D eigenvalue weighted by Gasteiger charge is -2.13. The second-order valence-electron chi connectivity index (χ2n) is 6.09. The van der Waals surface area contributed by atoms with E-state index in [1.54, 1.807) is 28.8 Å². The molecule has 1 aliphatic heterocycles.